The molecule has 1 aromatic rings. The summed E-state index contributed by atoms with van der Waals surface area (Å²) in [4.78, 5) is 0. The molecule has 1 rings (SSSR count). The van der Waals surface area contributed by atoms with Crippen LogP contribution in [0.25, 0.3) is 0 Å². The van der Waals surface area contributed by atoms with E-state index in [1.807, 2.05) is 18.2 Å². The van der Waals surface area contributed by atoms with Crippen molar-refractivity contribution in [3.05, 3.63) is 41.3 Å². The summed E-state index contributed by atoms with van der Waals surface area (Å²) in [5, 5.41) is 0.796. The Balaban J connectivity index is 3.09. The molecule has 53 valence electrons. The fourth-order valence-corrected chi connectivity index (χ4v) is 1.10. The van der Waals surface area contributed by atoms with E-state index in [-0.39, 0.29) is 0 Å². The van der Waals surface area contributed by atoms with Crippen LogP contribution in [-0.2, 0) is 6.42 Å². The first kappa shape index (κ1) is 7.62. The summed E-state index contributed by atoms with van der Waals surface area (Å²) in [6, 6.07) is 5.88. The predicted octanol–water partition coefficient (Wildman–Crippen LogP) is 3.03. The van der Waals surface area contributed by atoms with E-state index in [9.17, 15) is 0 Å². The molecule has 1 aromatic carbocycles. The van der Waals surface area contributed by atoms with Gasteiger partial charge in [-0.15, -0.1) is 0 Å². The maximum atomic E-state index is 5.77. The van der Waals surface area contributed by atoms with Crippen molar-refractivity contribution in [2.75, 3.05) is 0 Å². The van der Waals surface area contributed by atoms with Crippen LogP contribution in [-0.4, -0.2) is 0 Å². The maximum absolute atomic E-state index is 5.77. The van der Waals surface area contributed by atoms with Crippen molar-refractivity contribution in [2.24, 2.45) is 0 Å². The summed E-state index contributed by atoms with van der Waals surface area (Å²) in [6.45, 7) is 5.87. The van der Waals surface area contributed by atoms with Crippen molar-refractivity contribution in [3.63, 3.8) is 0 Å². The first-order valence-electron chi connectivity index (χ1n) is 3.28. The number of halogens is 1. The average molecular weight is 154 g/mol. The Kier molecular flexibility index (Phi) is 2.34. The van der Waals surface area contributed by atoms with Crippen LogP contribution in [0.3, 0.4) is 0 Å². The highest BCUT2D eigenvalue weighted by Gasteiger charge is 1.94. The molecule has 0 aliphatic carbocycles. The van der Waals surface area contributed by atoms with Crippen LogP contribution in [0.2, 0.25) is 5.02 Å². The molecule has 1 heteroatoms. The third-order valence-electron chi connectivity index (χ3n) is 1.58. The Morgan fingerprint density at radius 2 is 2.20 bits per heavy atom. The third-order valence-corrected chi connectivity index (χ3v) is 1.82. The van der Waals surface area contributed by atoms with Gasteiger partial charge in [0.2, 0.25) is 0 Å². The minimum absolute atomic E-state index is 0.796. The lowest BCUT2D eigenvalue weighted by atomic mass is 10.1. The average Bonchev–Trinajstić information content (AvgIpc) is 1.94. The number of rotatable bonds is 1. The van der Waals surface area contributed by atoms with Gasteiger partial charge in [0.05, 0.1) is 0 Å². The second kappa shape index (κ2) is 3.07. The lowest BCUT2D eigenvalue weighted by Gasteiger charge is -2.01. The van der Waals surface area contributed by atoms with Gasteiger partial charge in [0.15, 0.2) is 0 Å². The molecule has 0 unspecified atom stereocenters. The van der Waals surface area contributed by atoms with Gasteiger partial charge in [-0.2, -0.15) is 0 Å². The van der Waals surface area contributed by atoms with Gasteiger partial charge in [0.25, 0.3) is 0 Å². The Hall–Kier alpha value is -0.490. The lowest BCUT2D eigenvalue weighted by Crippen LogP contribution is -1.84. The minimum Gasteiger partial charge on any atom is -0.0843 e. The molecule has 0 heterocycles. The van der Waals surface area contributed by atoms with E-state index in [1.54, 1.807) is 0 Å². The molecule has 0 atom stereocenters. The van der Waals surface area contributed by atoms with Crippen molar-refractivity contribution in [2.45, 2.75) is 13.3 Å². The topological polar surface area (TPSA) is 0 Å². The van der Waals surface area contributed by atoms with Gasteiger partial charge in [0.1, 0.15) is 0 Å². The SMILES string of the molecule is [CH2]Cc1cc(Cl)ccc1C. The van der Waals surface area contributed by atoms with E-state index >= 15 is 0 Å². The van der Waals surface area contributed by atoms with E-state index in [1.165, 1.54) is 11.1 Å². The van der Waals surface area contributed by atoms with E-state index in [4.69, 9.17) is 11.6 Å². The standard InChI is InChI=1S/C9H10Cl/c1-3-8-6-9(10)5-4-7(8)2/h4-6H,1,3H2,2H3. The highest BCUT2D eigenvalue weighted by atomic mass is 35.5. The number of hydrogen-bond acceptors (Lipinski definition) is 0. The van der Waals surface area contributed by atoms with Gasteiger partial charge < -0.3 is 0 Å². The molecule has 0 aliphatic heterocycles. The second-order valence-corrected chi connectivity index (χ2v) is 2.76. The number of hydrogen-bond donors (Lipinski definition) is 0. The summed E-state index contributed by atoms with van der Waals surface area (Å²) in [5.74, 6) is 0. The predicted molar refractivity (Wildman–Crippen MR) is 45.3 cm³/mol. The normalized spacial score (nSPS) is 9.90. The first-order valence-corrected chi connectivity index (χ1v) is 3.66. The Labute approximate surface area is 66.8 Å². The van der Waals surface area contributed by atoms with Gasteiger partial charge in [-0.1, -0.05) is 17.7 Å². The van der Waals surface area contributed by atoms with Gasteiger partial charge in [-0.25, -0.2) is 0 Å². The van der Waals surface area contributed by atoms with E-state index in [2.05, 4.69) is 13.8 Å². The lowest BCUT2D eigenvalue weighted by molar-refractivity contribution is 1.21. The zero-order valence-corrected chi connectivity index (χ0v) is 6.78. The largest absolute Gasteiger partial charge is 0.0843 e. The quantitative estimate of drug-likeness (QED) is 0.582. The monoisotopic (exact) mass is 153 g/mol. The molecule has 0 N–H and O–H groups in total. The van der Waals surface area contributed by atoms with E-state index in [0.717, 1.165) is 11.4 Å². The Bertz CT molecular complexity index is 228. The Morgan fingerprint density at radius 3 is 2.70 bits per heavy atom. The molecule has 0 fully saturated rings. The maximum Gasteiger partial charge on any atom is 0.0408 e. The molecule has 0 aliphatic rings. The molecule has 0 aromatic heterocycles. The first-order chi connectivity index (χ1) is 4.74. The summed E-state index contributed by atoms with van der Waals surface area (Å²) in [7, 11) is 0. The molecular formula is C9H10Cl. The van der Waals surface area contributed by atoms with Crippen molar-refractivity contribution in [1.29, 1.82) is 0 Å². The number of benzene rings is 1. The molecule has 0 spiro atoms. The Morgan fingerprint density at radius 1 is 1.50 bits per heavy atom. The van der Waals surface area contributed by atoms with Crippen molar-refractivity contribution < 1.29 is 0 Å². The minimum atomic E-state index is 0.796. The van der Waals surface area contributed by atoms with Crippen LogP contribution in [0.1, 0.15) is 11.1 Å². The zero-order chi connectivity index (χ0) is 7.56. The van der Waals surface area contributed by atoms with Gasteiger partial charge in [-0.05, 0) is 43.5 Å². The van der Waals surface area contributed by atoms with Gasteiger partial charge in [-0.3, -0.25) is 0 Å². The number of aryl methyl sites for hydroxylation is 1. The molecule has 0 saturated heterocycles. The summed E-state index contributed by atoms with van der Waals surface area (Å²) >= 11 is 5.77. The third kappa shape index (κ3) is 1.51. The molecular weight excluding hydrogens is 144 g/mol. The fraction of sp³-hybridized carbons (Fsp3) is 0.222. The van der Waals surface area contributed by atoms with E-state index in [0.29, 0.717) is 0 Å². The summed E-state index contributed by atoms with van der Waals surface area (Å²) in [5.41, 5.74) is 2.49. The van der Waals surface area contributed by atoms with Crippen molar-refractivity contribution >= 4 is 11.6 Å². The second-order valence-electron chi connectivity index (χ2n) is 2.32. The van der Waals surface area contributed by atoms with E-state index < -0.39 is 0 Å². The van der Waals surface area contributed by atoms with Crippen molar-refractivity contribution in [1.82, 2.24) is 0 Å². The van der Waals surface area contributed by atoms with Gasteiger partial charge in [0, 0.05) is 5.02 Å². The summed E-state index contributed by atoms with van der Waals surface area (Å²) in [6.07, 6.45) is 0.812. The molecule has 10 heavy (non-hydrogen) atoms. The van der Waals surface area contributed by atoms with Crippen LogP contribution >= 0.6 is 11.6 Å². The van der Waals surface area contributed by atoms with Crippen LogP contribution in [0.4, 0.5) is 0 Å². The van der Waals surface area contributed by atoms with Crippen LogP contribution in [0.15, 0.2) is 18.2 Å². The molecule has 0 bridgehead atoms. The fourth-order valence-electron chi connectivity index (χ4n) is 0.909. The molecule has 0 nitrogen and oxygen atoms in total. The smallest absolute Gasteiger partial charge is 0.0408 e. The molecule has 1 radical (unpaired) electrons. The van der Waals surface area contributed by atoms with Crippen molar-refractivity contribution in [3.8, 4) is 0 Å². The highest BCUT2D eigenvalue weighted by molar-refractivity contribution is 6.30. The van der Waals surface area contributed by atoms with Gasteiger partial charge >= 0.3 is 0 Å². The van der Waals surface area contributed by atoms with Crippen LogP contribution in [0, 0.1) is 13.8 Å². The zero-order valence-electron chi connectivity index (χ0n) is 6.02. The summed E-state index contributed by atoms with van der Waals surface area (Å²) < 4.78 is 0. The van der Waals surface area contributed by atoms with Crippen LogP contribution in [0.5, 0.6) is 0 Å². The molecule has 0 saturated carbocycles. The highest BCUT2D eigenvalue weighted by Crippen LogP contribution is 2.15. The van der Waals surface area contributed by atoms with Crippen LogP contribution < -0.4 is 0 Å². The molecule has 0 amide bonds.